The summed E-state index contributed by atoms with van der Waals surface area (Å²) in [5.41, 5.74) is 5.11. The lowest BCUT2D eigenvalue weighted by atomic mass is 10.4. The Morgan fingerprint density at radius 2 is 2.06 bits per heavy atom. The fourth-order valence-electron chi connectivity index (χ4n) is 1.18. The van der Waals surface area contributed by atoms with Gasteiger partial charge in [-0.2, -0.15) is 0 Å². The zero-order chi connectivity index (χ0) is 12.3. The van der Waals surface area contributed by atoms with Gasteiger partial charge in [-0.05, 0) is 13.0 Å². The van der Waals surface area contributed by atoms with Gasteiger partial charge in [-0.1, -0.05) is 34.8 Å². The first-order valence-corrected chi connectivity index (χ1v) is 5.63. The summed E-state index contributed by atoms with van der Waals surface area (Å²) in [4.78, 5) is 16.5. The van der Waals surface area contributed by atoms with Gasteiger partial charge in [0.2, 0.25) is 5.91 Å². The molecule has 0 fully saturated rings. The molecule has 0 aliphatic heterocycles. The number of rotatable bonds is 4. The molecule has 1 aromatic rings. The number of carbonyl (C=O) groups excluding carboxylic acids is 1. The van der Waals surface area contributed by atoms with Crippen LogP contribution >= 0.6 is 34.8 Å². The third-order valence-electron chi connectivity index (χ3n) is 1.90. The van der Waals surface area contributed by atoms with Crippen LogP contribution in [0.3, 0.4) is 0 Å². The number of pyridine rings is 1. The van der Waals surface area contributed by atoms with Crippen molar-refractivity contribution in [2.24, 2.45) is 5.73 Å². The highest BCUT2D eigenvalue weighted by Gasteiger charge is 2.15. The van der Waals surface area contributed by atoms with Crippen molar-refractivity contribution in [3.8, 4) is 0 Å². The van der Waals surface area contributed by atoms with Crippen molar-refractivity contribution >= 4 is 46.5 Å². The number of carbonyl (C=O) groups is 1. The van der Waals surface area contributed by atoms with Gasteiger partial charge in [-0.15, -0.1) is 0 Å². The monoisotopic (exact) mass is 281 g/mol. The molecule has 0 aliphatic carbocycles. The van der Waals surface area contributed by atoms with E-state index in [-0.39, 0.29) is 16.7 Å². The van der Waals surface area contributed by atoms with Gasteiger partial charge in [0.15, 0.2) is 0 Å². The van der Waals surface area contributed by atoms with Crippen molar-refractivity contribution in [2.45, 2.75) is 6.92 Å². The molecule has 7 heteroatoms. The van der Waals surface area contributed by atoms with E-state index in [4.69, 9.17) is 40.5 Å². The van der Waals surface area contributed by atoms with Crippen LogP contribution in [-0.2, 0) is 4.79 Å². The number of nitrogens with two attached hydrogens (primary N) is 1. The van der Waals surface area contributed by atoms with Gasteiger partial charge in [0.25, 0.3) is 0 Å². The normalized spacial score (nSPS) is 10.2. The molecular formula is C9H10Cl3N3O. The van der Waals surface area contributed by atoms with Crippen LogP contribution in [0.15, 0.2) is 6.07 Å². The Labute approximate surface area is 108 Å². The van der Waals surface area contributed by atoms with Crippen LogP contribution in [0.5, 0.6) is 0 Å². The first kappa shape index (κ1) is 13.4. The van der Waals surface area contributed by atoms with Gasteiger partial charge in [0.1, 0.15) is 11.0 Å². The predicted molar refractivity (Wildman–Crippen MR) is 66.3 cm³/mol. The predicted octanol–water partition coefficient (Wildman–Crippen LogP) is 2.35. The zero-order valence-electron chi connectivity index (χ0n) is 8.51. The van der Waals surface area contributed by atoms with Crippen LogP contribution < -0.4 is 10.6 Å². The molecule has 0 aliphatic rings. The van der Waals surface area contributed by atoms with Crippen LogP contribution in [0.1, 0.15) is 6.92 Å². The minimum absolute atomic E-state index is 0.0289. The van der Waals surface area contributed by atoms with Crippen molar-refractivity contribution in [3.63, 3.8) is 0 Å². The zero-order valence-corrected chi connectivity index (χ0v) is 10.8. The van der Waals surface area contributed by atoms with Gasteiger partial charge in [0.05, 0.1) is 16.6 Å². The molecule has 1 rings (SSSR count). The van der Waals surface area contributed by atoms with Crippen LogP contribution in [0.25, 0.3) is 0 Å². The smallest absolute Gasteiger partial charge is 0.236 e. The largest absolute Gasteiger partial charge is 0.368 e. The standard InChI is InChI=1S/C9H10Cl3N3O/c1-2-15(4-7(13)16)9-6(11)3-5(10)8(12)14-9/h3H,2,4H2,1H3,(H2,13,16). The van der Waals surface area contributed by atoms with Crippen molar-refractivity contribution in [3.05, 3.63) is 21.3 Å². The number of hydrogen-bond acceptors (Lipinski definition) is 3. The number of amides is 1. The highest BCUT2D eigenvalue weighted by molar-refractivity contribution is 6.42. The molecule has 4 nitrogen and oxygen atoms in total. The molecule has 0 radical (unpaired) electrons. The van der Waals surface area contributed by atoms with Crippen molar-refractivity contribution in [1.29, 1.82) is 0 Å². The Kier molecular flexibility index (Phi) is 4.65. The molecule has 2 N–H and O–H groups in total. The molecule has 1 heterocycles. The van der Waals surface area contributed by atoms with Gasteiger partial charge < -0.3 is 10.6 Å². The van der Waals surface area contributed by atoms with E-state index in [0.717, 1.165) is 0 Å². The molecule has 0 spiro atoms. The van der Waals surface area contributed by atoms with Crippen molar-refractivity contribution in [1.82, 2.24) is 4.98 Å². The minimum atomic E-state index is -0.467. The van der Waals surface area contributed by atoms with E-state index in [9.17, 15) is 4.79 Å². The summed E-state index contributed by atoms with van der Waals surface area (Å²) in [5.74, 6) is -0.0665. The van der Waals surface area contributed by atoms with Crippen molar-refractivity contribution in [2.75, 3.05) is 18.0 Å². The van der Waals surface area contributed by atoms with E-state index in [1.54, 1.807) is 4.90 Å². The van der Waals surface area contributed by atoms with Crippen LogP contribution in [0.2, 0.25) is 15.2 Å². The summed E-state index contributed by atoms with van der Waals surface area (Å²) in [6, 6.07) is 1.48. The second-order valence-corrected chi connectivity index (χ2v) is 4.22. The van der Waals surface area contributed by atoms with Crippen LogP contribution in [0.4, 0.5) is 5.82 Å². The van der Waals surface area contributed by atoms with E-state index in [1.165, 1.54) is 6.07 Å². The maximum atomic E-state index is 10.9. The molecule has 0 aromatic carbocycles. The summed E-state index contributed by atoms with van der Waals surface area (Å²) in [7, 11) is 0. The van der Waals surface area contributed by atoms with E-state index >= 15 is 0 Å². The molecule has 1 aromatic heterocycles. The van der Waals surface area contributed by atoms with E-state index in [0.29, 0.717) is 17.4 Å². The van der Waals surface area contributed by atoms with E-state index in [2.05, 4.69) is 4.98 Å². The Morgan fingerprint density at radius 1 is 1.44 bits per heavy atom. The molecule has 0 saturated heterocycles. The van der Waals surface area contributed by atoms with Crippen LogP contribution in [0, 0.1) is 0 Å². The number of nitrogens with zero attached hydrogens (tertiary/aromatic N) is 2. The lowest BCUT2D eigenvalue weighted by Crippen LogP contribution is -2.34. The Hall–Kier alpha value is -0.710. The fraction of sp³-hybridized carbons (Fsp3) is 0.333. The molecule has 0 bridgehead atoms. The highest BCUT2D eigenvalue weighted by atomic mass is 35.5. The number of primary amides is 1. The average Bonchev–Trinajstić information content (AvgIpc) is 2.20. The second kappa shape index (κ2) is 5.57. The lowest BCUT2D eigenvalue weighted by Gasteiger charge is -2.21. The summed E-state index contributed by atoms with van der Waals surface area (Å²) in [5, 5.41) is 0.743. The maximum Gasteiger partial charge on any atom is 0.236 e. The first-order valence-electron chi connectivity index (χ1n) is 4.50. The van der Waals surface area contributed by atoms with Gasteiger partial charge in [-0.25, -0.2) is 4.98 Å². The molecule has 0 atom stereocenters. The molecule has 0 saturated carbocycles. The SMILES string of the molecule is CCN(CC(N)=O)c1nc(Cl)c(Cl)cc1Cl. The molecule has 1 amide bonds. The van der Waals surface area contributed by atoms with E-state index in [1.807, 2.05) is 6.92 Å². The molecular weight excluding hydrogens is 272 g/mol. The number of aromatic nitrogens is 1. The van der Waals surface area contributed by atoms with Gasteiger partial charge in [-0.3, -0.25) is 4.79 Å². The average molecular weight is 283 g/mol. The van der Waals surface area contributed by atoms with Crippen LogP contribution in [-0.4, -0.2) is 24.0 Å². The third-order valence-corrected chi connectivity index (χ3v) is 2.85. The highest BCUT2D eigenvalue weighted by Crippen LogP contribution is 2.30. The second-order valence-electron chi connectivity index (χ2n) is 3.05. The summed E-state index contributed by atoms with van der Waals surface area (Å²) >= 11 is 17.5. The Bertz CT molecular complexity index is 411. The number of likely N-dealkylation sites (N-methyl/N-ethyl adjacent to an activating group) is 1. The Balaban J connectivity index is 3.09. The molecule has 88 valence electrons. The van der Waals surface area contributed by atoms with E-state index < -0.39 is 5.91 Å². The fourth-order valence-corrected chi connectivity index (χ4v) is 1.79. The first-order chi connectivity index (χ1) is 7.45. The van der Waals surface area contributed by atoms with Crippen molar-refractivity contribution < 1.29 is 4.79 Å². The number of anilines is 1. The third kappa shape index (κ3) is 3.14. The maximum absolute atomic E-state index is 10.9. The quantitative estimate of drug-likeness (QED) is 0.862. The molecule has 0 unspecified atom stereocenters. The van der Waals surface area contributed by atoms with Gasteiger partial charge in [0, 0.05) is 6.54 Å². The van der Waals surface area contributed by atoms with Gasteiger partial charge >= 0.3 is 0 Å². The lowest BCUT2D eigenvalue weighted by molar-refractivity contribution is -0.116. The number of hydrogen-bond donors (Lipinski definition) is 1. The summed E-state index contributed by atoms with van der Waals surface area (Å²) < 4.78 is 0. The summed E-state index contributed by atoms with van der Waals surface area (Å²) in [6.45, 7) is 2.41. The Morgan fingerprint density at radius 3 is 2.56 bits per heavy atom. The summed E-state index contributed by atoms with van der Waals surface area (Å²) in [6.07, 6.45) is 0. The number of halogens is 3. The topological polar surface area (TPSA) is 59.2 Å². The molecule has 16 heavy (non-hydrogen) atoms. The minimum Gasteiger partial charge on any atom is -0.368 e.